The number of rotatable bonds is 8. The second-order valence-electron chi connectivity index (χ2n) is 7.75. The molecule has 1 N–H and O–H groups in total. The first kappa shape index (κ1) is 20.3. The highest BCUT2D eigenvalue weighted by atomic mass is 16.5. The molecule has 0 spiro atoms. The number of aryl methyl sites for hydroxylation is 1. The minimum atomic E-state index is 0.486. The Kier molecular flexibility index (Phi) is 5.36. The van der Waals surface area contributed by atoms with Gasteiger partial charge in [0.1, 0.15) is 24.4 Å². The molecule has 0 saturated carbocycles. The molecule has 1 aliphatic heterocycles. The van der Waals surface area contributed by atoms with Crippen LogP contribution in [-0.4, -0.2) is 67.1 Å². The molecule has 0 bridgehead atoms. The number of anilines is 2. The highest BCUT2D eigenvalue weighted by molar-refractivity contribution is 5.72. The largest absolute Gasteiger partial charge is 0.488 e. The summed E-state index contributed by atoms with van der Waals surface area (Å²) < 4.78 is 15.0. The summed E-state index contributed by atoms with van der Waals surface area (Å²) >= 11 is 0. The second kappa shape index (κ2) is 8.46. The van der Waals surface area contributed by atoms with E-state index in [1.807, 2.05) is 34.6 Å². The number of nitrogens with one attached hydrogen (secondary N) is 1. The number of likely N-dealkylation sites (tertiary alicyclic amines) is 1. The molecule has 166 valence electrons. The van der Waals surface area contributed by atoms with Gasteiger partial charge in [0.25, 0.3) is 0 Å². The van der Waals surface area contributed by atoms with Gasteiger partial charge in [0.2, 0.25) is 5.88 Å². The highest BCUT2D eigenvalue weighted by Crippen LogP contribution is 2.31. The maximum Gasteiger partial charge on any atom is 0.218 e. The van der Waals surface area contributed by atoms with Gasteiger partial charge in [-0.2, -0.15) is 10.2 Å². The van der Waals surface area contributed by atoms with Gasteiger partial charge in [-0.15, -0.1) is 0 Å². The number of methoxy groups -OCH3 is 1. The summed E-state index contributed by atoms with van der Waals surface area (Å²) in [4.78, 5) is 10.7. The fourth-order valence-electron chi connectivity index (χ4n) is 3.99. The molecule has 10 heteroatoms. The third-order valence-electron chi connectivity index (χ3n) is 5.85. The predicted octanol–water partition coefficient (Wildman–Crippen LogP) is 2.75. The zero-order valence-corrected chi connectivity index (χ0v) is 18.4. The van der Waals surface area contributed by atoms with Gasteiger partial charge in [-0.05, 0) is 25.1 Å². The Balaban J connectivity index is 1.37. The van der Waals surface area contributed by atoms with Crippen molar-refractivity contribution in [2.75, 3.05) is 32.1 Å². The van der Waals surface area contributed by atoms with Gasteiger partial charge >= 0.3 is 0 Å². The van der Waals surface area contributed by atoms with E-state index in [9.17, 15) is 0 Å². The molecule has 1 unspecified atom stereocenters. The summed E-state index contributed by atoms with van der Waals surface area (Å²) in [5, 5.41) is 12.2. The van der Waals surface area contributed by atoms with Crippen molar-refractivity contribution < 1.29 is 9.47 Å². The Morgan fingerprint density at radius 2 is 2.09 bits per heavy atom. The van der Waals surface area contributed by atoms with Gasteiger partial charge in [0, 0.05) is 43.5 Å². The van der Waals surface area contributed by atoms with Crippen molar-refractivity contribution >= 4 is 17.2 Å². The summed E-state index contributed by atoms with van der Waals surface area (Å²) in [6.45, 7) is 5.08. The lowest BCUT2D eigenvalue weighted by atomic mass is 10.0. The molecule has 1 aliphatic rings. The molecule has 1 fully saturated rings. The van der Waals surface area contributed by atoms with Gasteiger partial charge < -0.3 is 14.8 Å². The maximum atomic E-state index is 6.18. The van der Waals surface area contributed by atoms with E-state index in [0.29, 0.717) is 30.2 Å². The summed E-state index contributed by atoms with van der Waals surface area (Å²) in [5.74, 6) is 2.57. The summed E-state index contributed by atoms with van der Waals surface area (Å²) in [6.07, 6.45) is 6.35. The molecule has 0 aromatic carbocycles. The quantitative estimate of drug-likeness (QED) is 0.452. The molecule has 5 heterocycles. The maximum absolute atomic E-state index is 6.18. The average molecular weight is 435 g/mol. The Hall–Kier alpha value is -3.66. The third-order valence-corrected chi connectivity index (χ3v) is 5.85. The van der Waals surface area contributed by atoms with Crippen LogP contribution in [-0.2, 0) is 7.05 Å². The Labute approximate surface area is 185 Å². The first-order chi connectivity index (χ1) is 15.6. The number of pyridine rings is 1. The third kappa shape index (κ3) is 3.84. The van der Waals surface area contributed by atoms with E-state index in [-0.39, 0.29) is 0 Å². The molecule has 1 saturated heterocycles. The van der Waals surface area contributed by atoms with Gasteiger partial charge in [-0.25, -0.2) is 14.5 Å². The van der Waals surface area contributed by atoms with Crippen molar-refractivity contribution in [1.82, 2.24) is 34.3 Å². The fraction of sp³-hybridized carbons (Fsp3) is 0.364. The smallest absolute Gasteiger partial charge is 0.218 e. The lowest BCUT2D eigenvalue weighted by Gasteiger charge is -2.39. The van der Waals surface area contributed by atoms with E-state index >= 15 is 0 Å². The first-order valence-corrected chi connectivity index (χ1v) is 10.7. The second-order valence-corrected chi connectivity index (χ2v) is 7.75. The molecule has 0 radical (unpaired) electrons. The van der Waals surface area contributed by atoms with Crippen molar-refractivity contribution in [3.8, 4) is 22.9 Å². The number of ether oxygens (including phenoxy) is 2. The van der Waals surface area contributed by atoms with E-state index in [2.05, 4.69) is 43.4 Å². The van der Waals surface area contributed by atoms with E-state index in [0.717, 1.165) is 35.6 Å². The molecular formula is C22H26N8O2. The number of nitrogens with zero attached hydrogens (tertiary/aromatic N) is 7. The number of hydrogen-bond acceptors (Lipinski definition) is 8. The van der Waals surface area contributed by atoms with Gasteiger partial charge in [0.05, 0.1) is 18.8 Å². The molecule has 5 rings (SSSR count). The molecule has 4 aromatic rings. The minimum absolute atomic E-state index is 0.486. The van der Waals surface area contributed by atoms with Crippen LogP contribution in [0.15, 0.2) is 43.0 Å². The number of likely N-dealkylation sites (N-methyl/N-ethyl adjacent to an activating group) is 1. The van der Waals surface area contributed by atoms with Crippen LogP contribution in [0.3, 0.4) is 0 Å². The van der Waals surface area contributed by atoms with E-state index in [1.165, 1.54) is 12.7 Å². The molecule has 10 nitrogen and oxygen atoms in total. The van der Waals surface area contributed by atoms with Crippen LogP contribution in [0.4, 0.5) is 11.6 Å². The fourth-order valence-corrected chi connectivity index (χ4v) is 3.99. The van der Waals surface area contributed by atoms with Crippen molar-refractivity contribution in [3.63, 3.8) is 0 Å². The number of hydrogen-bond donors (Lipinski definition) is 1. The van der Waals surface area contributed by atoms with Crippen LogP contribution in [0.2, 0.25) is 0 Å². The van der Waals surface area contributed by atoms with Gasteiger partial charge in [-0.3, -0.25) is 9.58 Å². The monoisotopic (exact) mass is 434 g/mol. The van der Waals surface area contributed by atoms with E-state index < -0.39 is 0 Å². The molecule has 0 amide bonds. The summed E-state index contributed by atoms with van der Waals surface area (Å²) in [7, 11) is 3.50. The first-order valence-electron chi connectivity index (χ1n) is 10.7. The molecular weight excluding hydrogens is 408 g/mol. The average Bonchev–Trinajstić information content (AvgIpc) is 3.35. The topological polar surface area (TPSA) is 94.6 Å². The Morgan fingerprint density at radius 1 is 1.19 bits per heavy atom. The summed E-state index contributed by atoms with van der Waals surface area (Å²) in [5.41, 5.74) is 2.91. The van der Waals surface area contributed by atoms with Crippen molar-refractivity contribution in [3.05, 3.63) is 43.0 Å². The van der Waals surface area contributed by atoms with E-state index in [4.69, 9.17) is 9.47 Å². The van der Waals surface area contributed by atoms with Crippen molar-refractivity contribution in [2.45, 2.75) is 19.4 Å². The zero-order valence-electron chi connectivity index (χ0n) is 18.4. The SMILES string of the molecule is CCN1CCC1COc1cnn(C)c1-c1ccn2nc(Nc3cc(OC)ncn3)cc2c1. The van der Waals surface area contributed by atoms with Crippen LogP contribution in [0.1, 0.15) is 13.3 Å². The van der Waals surface area contributed by atoms with Crippen molar-refractivity contribution in [1.29, 1.82) is 0 Å². The van der Waals surface area contributed by atoms with Gasteiger partial charge in [-0.1, -0.05) is 6.92 Å². The Morgan fingerprint density at radius 3 is 2.88 bits per heavy atom. The standard InChI is InChI=1S/C22H26N8O2/c1-4-29-7-6-16(29)13-32-18-12-25-28(2)22(18)15-5-8-30-17(9-15)10-20(27-30)26-19-11-21(31-3)24-14-23-19/h5,8-12,14,16H,4,6-7,13H2,1-3H3,(H,23,24,26,27). The van der Waals surface area contributed by atoms with Crippen LogP contribution in [0.5, 0.6) is 11.6 Å². The molecule has 4 aromatic heterocycles. The van der Waals surface area contributed by atoms with Crippen LogP contribution in [0.25, 0.3) is 16.8 Å². The molecule has 32 heavy (non-hydrogen) atoms. The van der Waals surface area contributed by atoms with Crippen LogP contribution >= 0.6 is 0 Å². The lowest BCUT2D eigenvalue weighted by Crippen LogP contribution is -2.50. The van der Waals surface area contributed by atoms with Crippen LogP contribution in [0, 0.1) is 0 Å². The Bertz CT molecular complexity index is 1230. The minimum Gasteiger partial charge on any atom is -0.488 e. The number of aromatic nitrogens is 6. The predicted molar refractivity (Wildman–Crippen MR) is 120 cm³/mol. The normalized spacial score (nSPS) is 16.2. The summed E-state index contributed by atoms with van der Waals surface area (Å²) in [6, 6.07) is 8.26. The van der Waals surface area contributed by atoms with Gasteiger partial charge in [0.15, 0.2) is 11.6 Å². The van der Waals surface area contributed by atoms with E-state index in [1.54, 1.807) is 19.4 Å². The van der Waals surface area contributed by atoms with Crippen LogP contribution < -0.4 is 14.8 Å². The van der Waals surface area contributed by atoms with Crippen molar-refractivity contribution in [2.24, 2.45) is 7.05 Å². The number of fused-ring (bicyclic) bond motifs is 1. The molecule has 0 aliphatic carbocycles. The zero-order chi connectivity index (χ0) is 22.1. The highest BCUT2D eigenvalue weighted by Gasteiger charge is 2.27. The molecule has 1 atom stereocenters. The lowest BCUT2D eigenvalue weighted by molar-refractivity contribution is 0.0563.